The molecule has 0 saturated heterocycles. The van der Waals surface area contributed by atoms with E-state index >= 15 is 0 Å². The molecule has 0 atom stereocenters. The van der Waals surface area contributed by atoms with Crippen LogP contribution >= 0.6 is 0 Å². The van der Waals surface area contributed by atoms with E-state index in [2.05, 4.69) is 360 Å². The van der Waals surface area contributed by atoms with Crippen molar-refractivity contribution >= 4 is 121 Å². The quantitative estimate of drug-likeness (QED) is 0.144. The summed E-state index contributed by atoms with van der Waals surface area (Å²) in [5.74, 6) is 0. The van der Waals surface area contributed by atoms with Crippen LogP contribution in [0.2, 0.25) is 0 Å². The second-order valence-electron chi connectivity index (χ2n) is 26.1. The van der Waals surface area contributed by atoms with E-state index in [-0.39, 0.29) is 0 Å². The number of anilines is 6. The van der Waals surface area contributed by atoms with Crippen LogP contribution in [0.4, 0.5) is 34.1 Å². The van der Waals surface area contributed by atoms with Gasteiger partial charge in [0.1, 0.15) is 11.2 Å². The number of fused-ring (bicyclic) bond motifs is 23. The van der Waals surface area contributed by atoms with E-state index in [1.807, 2.05) is 0 Å². The molecule has 0 bridgehead atoms. The number of hydrogen-bond donors (Lipinski definition) is 0. The molecule has 0 aliphatic heterocycles. The van der Waals surface area contributed by atoms with Crippen molar-refractivity contribution in [2.24, 2.45) is 0 Å². The van der Waals surface area contributed by atoms with Gasteiger partial charge in [-0.2, -0.15) is 0 Å². The Kier molecular flexibility index (Phi) is 11.7. The maximum absolute atomic E-state index is 7.47. The normalized spacial score (nSPS) is 12.8. The molecule has 0 unspecified atom stereocenters. The molecule has 16 aromatic carbocycles. The van der Waals surface area contributed by atoms with E-state index in [0.717, 1.165) is 117 Å². The van der Waals surface area contributed by atoms with Gasteiger partial charge >= 0.3 is 0 Å². The Morgan fingerprint density at radius 2 is 0.612 bits per heavy atom. The molecule has 21 rings (SSSR count). The Morgan fingerprint density at radius 1 is 0.255 bits per heavy atom. The fourth-order valence-electron chi connectivity index (χ4n) is 17.1. The van der Waals surface area contributed by atoms with Crippen LogP contribution in [0.25, 0.3) is 137 Å². The van der Waals surface area contributed by atoms with Gasteiger partial charge in [0.05, 0.1) is 27.8 Å². The zero-order valence-corrected chi connectivity index (χ0v) is 53.1. The van der Waals surface area contributed by atoms with Crippen LogP contribution in [-0.2, 0) is 5.41 Å². The van der Waals surface area contributed by atoms with Crippen LogP contribution in [0.1, 0.15) is 22.3 Å². The Bertz CT molecular complexity index is 6140. The average Bonchev–Trinajstić information content (AvgIpc) is 1.51. The summed E-state index contributed by atoms with van der Waals surface area (Å²) in [5, 5.41) is 11.1. The Balaban J connectivity index is 0.892. The van der Waals surface area contributed by atoms with Crippen LogP contribution in [-0.4, -0.2) is 4.57 Å². The highest BCUT2D eigenvalue weighted by Gasteiger charge is 2.51. The highest BCUT2D eigenvalue weighted by atomic mass is 16.3. The minimum atomic E-state index is -0.527. The zero-order valence-electron chi connectivity index (χ0n) is 53.1. The molecular formula is C93H57N3O2. The number of nitrogens with zero attached hydrogens (tertiary/aromatic N) is 3. The van der Waals surface area contributed by atoms with E-state index in [9.17, 15) is 0 Å². The highest BCUT2D eigenvalue weighted by molar-refractivity contribution is 6.38. The summed E-state index contributed by atoms with van der Waals surface area (Å²) in [6.45, 7) is 0. The molecule has 456 valence electrons. The first kappa shape index (κ1) is 54.4. The van der Waals surface area contributed by atoms with Gasteiger partial charge in [-0.15, -0.1) is 0 Å². The van der Waals surface area contributed by atoms with Crippen LogP contribution in [0.5, 0.6) is 0 Å². The average molecular weight is 1250 g/mol. The number of benzene rings is 16. The molecule has 98 heavy (non-hydrogen) atoms. The van der Waals surface area contributed by atoms with Gasteiger partial charge in [0.2, 0.25) is 0 Å². The predicted octanol–water partition coefficient (Wildman–Crippen LogP) is 25.5. The lowest BCUT2D eigenvalue weighted by molar-refractivity contribution is 0.669. The second kappa shape index (κ2) is 21.0. The third kappa shape index (κ3) is 7.72. The molecule has 5 nitrogen and oxygen atoms in total. The van der Waals surface area contributed by atoms with Gasteiger partial charge in [-0.25, -0.2) is 0 Å². The predicted molar refractivity (Wildman–Crippen MR) is 407 cm³/mol. The lowest BCUT2D eigenvalue weighted by atomic mass is 9.70. The third-order valence-corrected chi connectivity index (χ3v) is 21.1. The summed E-state index contributed by atoms with van der Waals surface area (Å²) in [5.41, 5.74) is 26.4. The maximum Gasteiger partial charge on any atom is 0.160 e. The highest BCUT2D eigenvalue weighted by Crippen LogP contribution is 2.63. The number of rotatable bonds is 9. The standard InChI is InChI=1S/C93H57N3O2/c1-3-27-62(28-4-1)94(64-49-45-60(46-50-64)69-38-21-25-58-23-7-9-31-67(58)69)83-56-81-89(87-74-36-14-19-43-85(74)97-91(83)87)90-82(96(81)66-53-54-80-76(55-66)73-35-13-18-42-79(73)93(80)77-40-16-11-33-71(77)72-34-12-17-41-78(72)93)57-84(92-88(90)75-37-15-20-44-86(75)98-92)95(63-29-5-2-6-30-63)65-51-47-61(48-52-65)70-39-22-26-59-24-8-10-32-68(59)70/h1-57H. The van der Waals surface area contributed by atoms with Gasteiger partial charge in [0, 0.05) is 60.8 Å². The van der Waals surface area contributed by atoms with Gasteiger partial charge in [-0.05, 0) is 173 Å². The van der Waals surface area contributed by atoms with Crippen LogP contribution in [0, 0.1) is 0 Å². The minimum Gasteiger partial charge on any atom is -0.454 e. The van der Waals surface area contributed by atoms with E-state index in [1.54, 1.807) is 0 Å². The SMILES string of the molecule is c1ccc(N(c2ccc(-c3cccc4ccccc34)cc2)c2cc3c(c4c2oc2ccccc24)c2c4c(oc5ccccc54)c(N(c4ccccc4)c4ccc(-c5cccc6ccccc56)cc4)cc2n3-c2ccc3c(c2)-c2ccccc2C32c3ccccc3-c3ccccc32)cc1. The Morgan fingerprint density at radius 3 is 1.08 bits per heavy atom. The van der Waals surface area contributed by atoms with Gasteiger partial charge in [0.25, 0.3) is 0 Å². The van der Waals surface area contributed by atoms with Gasteiger partial charge in [-0.1, -0.05) is 261 Å². The van der Waals surface area contributed by atoms with Crippen molar-refractivity contribution in [1.29, 1.82) is 0 Å². The summed E-state index contributed by atoms with van der Waals surface area (Å²) in [4.78, 5) is 4.79. The van der Waals surface area contributed by atoms with Crippen molar-refractivity contribution in [1.82, 2.24) is 4.57 Å². The smallest absolute Gasteiger partial charge is 0.160 e. The molecule has 0 N–H and O–H groups in total. The van der Waals surface area contributed by atoms with E-state index < -0.39 is 5.41 Å². The largest absolute Gasteiger partial charge is 0.454 e. The molecule has 0 amide bonds. The molecule has 2 aliphatic rings. The summed E-state index contributed by atoms with van der Waals surface area (Å²) < 4.78 is 17.5. The molecule has 0 fully saturated rings. The second-order valence-corrected chi connectivity index (χ2v) is 26.1. The van der Waals surface area contributed by atoms with E-state index in [0.29, 0.717) is 0 Å². The van der Waals surface area contributed by atoms with Crippen LogP contribution < -0.4 is 9.80 Å². The first-order chi connectivity index (χ1) is 48.6. The molecule has 5 heteroatoms. The van der Waals surface area contributed by atoms with Crippen LogP contribution in [0.15, 0.2) is 355 Å². The summed E-state index contributed by atoms with van der Waals surface area (Å²) in [6.07, 6.45) is 0. The Hall–Kier alpha value is -13.0. The van der Waals surface area contributed by atoms with Crippen molar-refractivity contribution in [3.8, 4) is 50.2 Å². The van der Waals surface area contributed by atoms with Gasteiger partial charge in [0.15, 0.2) is 11.2 Å². The van der Waals surface area contributed by atoms with Crippen molar-refractivity contribution in [3.63, 3.8) is 0 Å². The first-order valence-electron chi connectivity index (χ1n) is 33.7. The summed E-state index contributed by atoms with van der Waals surface area (Å²) in [7, 11) is 0. The van der Waals surface area contributed by atoms with Gasteiger partial charge in [-0.3, -0.25) is 0 Å². The monoisotopic (exact) mass is 1250 g/mol. The lowest BCUT2D eigenvalue weighted by Gasteiger charge is -2.30. The lowest BCUT2D eigenvalue weighted by Crippen LogP contribution is -2.25. The molecule has 19 aromatic rings. The Labute approximate surface area is 564 Å². The molecule has 0 saturated carbocycles. The fourth-order valence-corrected chi connectivity index (χ4v) is 17.1. The fraction of sp³-hybridized carbons (Fsp3) is 0.0108. The molecular weight excluding hydrogens is 1190 g/mol. The van der Waals surface area contributed by atoms with Gasteiger partial charge < -0.3 is 23.2 Å². The number of furan rings is 2. The van der Waals surface area contributed by atoms with E-state index in [1.165, 1.54) is 77.2 Å². The summed E-state index contributed by atoms with van der Waals surface area (Å²) >= 11 is 0. The zero-order chi connectivity index (χ0) is 64.2. The summed E-state index contributed by atoms with van der Waals surface area (Å²) in [6, 6.07) is 127. The molecule has 1 spiro atoms. The number of para-hydroxylation sites is 4. The molecule has 3 heterocycles. The van der Waals surface area contributed by atoms with Crippen molar-refractivity contribution in [2.45, 2.75) is 5.41 Å². The minimum absolute atomic E-state index is 0.527. The van der Waals surface area contributed by atoms with E-state index in [4.69, 9.17) is 8.83 Å². The molecule has 3 aromatic heterocycles. The van der Waals surface area contributed by atoms with Crippen molar-refractivity contribution < 1.29 is 8.83 Å². The molecule has 2 aliphatic carbocycles. The van der Waals surface area contributed by atoms with Crippen LogP contribution in [0.3, 0.4) is 0 Å². The topological polar surface area (TPSA) is 37.7 Å². The number of hydrogen-bond acceptors (Lipinski definition) is 4. The van der Waals surface area contributed by atoms with Crippen molar-refractivity contribution in [2.75, 3.05) is 9.80 Å². The van der Waals surface area contributed by atoms with Crippen molar-refractivity contribution in [3.05, 3.63) is 368 Å². The molecule has 0 radical (unpaired) electrons. The number of aromatic nitrogens is 1. The first-order valence-corrected chi connectivity index (χ1v) is 33.7. The third-order valence-electron chi connectivity index (χ3n) is 21.1. The maximum atomic E-state index is 7.47.